The molecule has 1 spiro atoms. The zero-order valence-corrected chi connectivity index (χ0v) is 10.7. The summed E-state index contributed by atoms with van der Waals surface area (Å²) in [5.41, 5.74) is -0.217. The van der Waals surface area contributed by atoms with Gasteiger partial charge in [-0.3, -0.25) is 4.79 Å². The third-order valence-corrected chi connectivity index (χ3v) is 3.87. The van der Waals surface area contributed by atoms with E-state index < -0.39 is 5.79 Å². The standard InChI is InChI=1S/C13H22O3/c1-9(2)11-7-10(14)5-6-13(11)8-15-12(3,4)16-13/h9,11H,5-8H2,1-4H3/t11-,13-/m0/s1. The molecular formula is C13H22O3. The highest BCUT2D eigenvalue weighted by Crippen LogP contribution is 2.46. The van der Waals surface area contributed by atoms with Crippen molar-refractivity contribution in [2.24, 2.45) is 11.8 Å². The molecule has 0 amide bonds. The number of Topliss-reactive ketones (excluding diaryl/α,β-unsaturated/α-hetero) is 1. The highest BCUT2D eigenvalue weighted by Gasteiger charge is 2.53. The van der Waals surface area contributed by atoms with Gasteiger partial charge in [0.15, 0.2) is 5.79 Å². The van der Waals surface area contributed by atoms with Gasteiger partial charge in [-0.05, 0) is 32.1 Å². The molecule has 3 heteroatoms. The van der Waals surface area contributed by atoms with Crippen LogP contribution in [-0.2, 0) is 14.3 Å². The molecule has 0 radical (unpaired) electrons. The van der Waals surface area contributed by atoms with Gasteiger partial charge in [0, 0.05) is 12.8 Å². The number of hydrogen-bond donors (Lipinski definition) is 0. The molecule has 0 aromatic heterocycles. The first-order valence-corrected chi connectivity index (χ1v) is 6.20. The van der Waals surface area contributed by atoms with Gasteiger partial charge in [-0.2, -0.15) is 0 Å². The molecule has 1 saturated carbocycles. The van der Waals surface area contributed by atoms with Crippen molar-refractivity contribution in [3.63, 3.8) is 0 Å². The molecule has 92 valence electrons. The first-order valence-electron chi connectivity index (χ1n) is 6.20. The van der Waals surface area contributed by atoms with Crippen LogP contribution in [0.5, 0.6) is 0 Å². The van der Waals surface area contributed by atoms with E-state index in [2.05, 4.69) is 13.8 Å². The van der Waals surface area contributed by atoms with Crippen LogP contribution < -0.4 is 0 Å². The summed E-state index contributed by atoms with van der Waals surface area (Å²) in [5.74, 6) is 0.642. The molecule has 2 atom stereocenters. The number of carbonyl (C=O) groups excluding carboxylic acids is 1. The topological polar surface area (TPSA) is 35.5 Å². The average Bonchev–Trinajstić information content (AvgIpc) is 2.47. The van der Waals surface area contributed by atoms with Gasteiger partial charge in [-0.15, -0.1) is 0 Å². The summed E-state index contributed by atoms with van der Waals surface area (Å²) in [5, 5.41) is 0. The molecule has 2 fully saturated rings. The molecule has 1 aliphatic carbocycles. The largest absolute Gasteiger partial charge is 0.347 e. The third-order valence-electron chi connectivity index (χ3n) is 3.87. The van der Waals surface area contributed by atoms with Crippen molar-refractivity contribution in [1.29, 1.82) is 0 Å². The summed E-state index contributed by atoms with van der Waals surface area (Å²) >= 11 is 0. The van der Waals surface area contributed by atoms with E-state index in [1.54, 1.807) is 0 Å². The van der Waals surface area contributed by atoms with Crippen LogP contribution in [0, 0.1) is 11.8 Å². The molecule has 0 aromatic carbocycles. The molecule has 2 aliphatic rings. The number of hydrogen-bond acceptors (Lipinski definition) is 3. The minimum absolute atomic E-state index is 0.217. The lowest BCUT2D eigenvalue weighted by Crippen LogP contribution is -2.48. The van der Waals surface area contributed by atoms with Crippen LogP contribution in [-0.4, -0.2) is 23.8 Å². The lowest BCUT2D eigenvalue weighted by Gasteiger charge is -2.42. The van der Waals surface area contributed by atoms with Gasteiger partial charge in [0.05, 0.1) is 12.2 Å². The Hall–Kier alpha value is -0.410. The predicted octanol–water partition coefficient (Wildman–Crippen LogP) is 2.53. The SMILES string of the molecule is CC(C)[C@@H]1CC(=O)CC[C@]12COC(C)(C)O2. The lowest BCUT2D eigenvalue weighted by molar-refractivity contribution is -0.186. The smallest absolute Gasteiger partial charge is 0.163 e. The fourth-order valence-corrected chi connectivity index (χ4v) is 3.06. The van der Waals surface area contributed by atoms with Gasteiger partial charge in [0.25, 0.3) is 0 Å². The summed E-state index contributed by atoms with van der Waals surface area (Å²) in [6.45, 7) is 8.88. The van der Waals surface area contributed by atoms with E-state index in [9.17, 15) is 4.79 Å². The van der Waals surface area contributed by atoms with Crippen molar-refractivity contribution in [2.45, 2.75) is 58.3 Å². The fraction of sp³-hybridized carbons (Fsp3) is 0.923. The van der Waals surface area contributed by atoms with Crippen molar-refractivity contribution in [3.05, 3.63) is 0 Å². The van der Waals surface area contributed by atoms with E-state index >= 15 is 0 Å². The van der Waals surface area contributed by atoms with Crippen molar-refractivity contribution < 1.29 is 14.3 Å². The predicted molar refractivity (Wildman–Crippen MR) is 61.0 cm³/mol. The molecule has 0 N–H and O–H groups in total. The van der Waals surface area contributed by atoms with Gasteiger partial charge in [0.2, 0.25) is 0 Å². The van der Waals surface area contributed by atoms with Crippen molar-refractivity contribution >= 4 is 5.78 Å². The summed E-state index contributed by atoms with van der Waals surface area (Å²) in [6, 6.07) is 0. The molecule has 1 saturated heterocycles. The Balaban J connectivity index is 2.21. The van der Waals surface area contributed by atoms with E-state index in [1.165, 1.54) is 0 Å². The Labute approximate surface area is 97.5 Å². The Morgan fingerprint density at radius 3 is 2.56 bits per heavy atom. The molecule has 16 heavy (non-hydrogen) atoms. The molecular weight excluding hydrogens is 204 g/mol. The number of ether oxygens (including phenoxy) is 2. The van der Waals surface area contributed by atoms with E-state index in [1.807, 2.05) is 13.8 Å². The maximum Gasteiger partial charge on any atom is 0.163 e. The number of rotatable bonds is 1. The third kappa shape index (κ3) is 2.03. The summed E-state index contributed by atoms with van der Waals surface area (Å²) in [7, 11) is 0. The summed E-state index contributed by atoms with van der Waals surface area (Å²) < 4.78 is 11.8. The van der Waals surface area contributed by atoms with E-state index in [0.29, 0.717) is 37.1 Å². The van der Waals surface area contributed by atoms with Crippen molar-refractivity contribution in [1.82, 2.24) is 0 Å². The van der Waals surface area contributed by atoms with Crippen LogP contribution in [0.2, 0.25) is 0 Å². The number of carbonyl (C=O) groups is 1. The molecule has 1 aliphatic heterocycles. The fourth-order valence-electron chi connectivity index (χ4n) is 3.06. The maximum atomic E-state index is 11.6. The Kier molecular flexibility index (Phi) is 2.87. The van der Waals surface area contributed by atoms with Crippen LogP contribution in [0.3, 0.4) is 0 Å². The van der Waals surface area contributed by atoms with Crippen LogP contribution >= 0.6 is 0 Å². The highest BCUT2D eigenvalue weighted by atomic mass is 16.8. The number of ketones is 1. The van der Waals surface area contributed by atoms with Gasteiger partial charge in [-0.25, -0.2) is 0 Å². The minimum atomic E-state index is -0.493. The Bertz CT molecular complexity index is 296. The normalized spacial score (nSPS) is 38.6. The minimum Gasteiger partial charge on any atom is -0.347 e. The average molecular weight is 226 g/mol. The van der Waals surface area contributed by atoms with E-state index in [-0.39, 0.29) is 5.60 Å². The second kappa shape index (κ2) is 3.81. The van der Waals surface area contributed by atoms with E-state index in [0.717, 1.165) is 6.42 Å². The Morgan fingerprint density at radius 1 is 1.38 bits per heavy atom. The van der Waals surface area contributed by atoms with Gasteiger partial charge < -0.3 is 9.47 Å². The van der Waals surface area contributed by atoms with Crippen LogP contribution in [0.1, 0.15) is 47.0 Å². The zero-order chi connectivity index (χ0) is 12.0. The van der Waals surface area contributed by atoms with Crippen molar-refractivity contribution in [3.8, 4) is 0 Å². The van der Waals surface area contributed by atoms with Crippen LogP contribution in [0.15, 0.2) is 0 Å². The molecule has 0 bridgehead atoms. The molecule has 0 unspecified atom stereocenters. The molecule has 1 heterocycles. The molecule has 2 rings (SSSR count). The van der Waals surface area contributed by atoms with Crippen LogP contribution in [0.4, 0.5) is 0 Å². The maximum absolute atomic E-state index is 11.6. The first kappa shape index (κ1) is 12.1. The summed E-state index contributed by atoms with van der Waals surface area (Å²) in [6.07, 6.45) is 2.11. The summed E-state index contributed by atoms with van der Waals surface area (Å²) in [4.78, 5) is 11.6. The zero-order valence-electron chi connectivity index (χ0n) is 10.7. The first-order chi connectivity index (χ1) is 7.35. The second-order valence-corrected chi connectivity index (χ2v) is 5.95. The van der Waals surface area contributed by atoms with Gasteiger partial charge >= 0.3 is 0 Å². The lowest BCUT2D eigenvalue weighted by atomic mass is 9.70. The quantitative estimate of drug-likeness (QED) is 0.689. The monoisotopic (exact) mass is 226 g/mol. The molecule has 0 aromatic rings. The van der Waals surface area contributed by atoms with Gasteiger partial charge in [0.1, 0.15) is 5.78 Å². The highest BCUT2D eigenvalue weighted by molar-refractivity contribution is 5.79. The van der Waals surface area contributed by atoms with E-state index in [4.69, 9.17) is 9.47 Å². The Morgan fingerprint density at radius 2 is 2.06 bits per heavy atom. The van der Waals surface area contributed by atoms with Crippen molar-refractivity contribution in [2.75, 3.05) is 6.61 Å². The van der Waals surface area contributed by atoms with Crippen LogP contribution in [0.25, 0.3) is 0 Å². The van der Waals surface area contributed by atoms with Gasteiger partial charge in [-0.1, -0.05) is 13.8 Å². The second-order valence-electron chi connectivity index (χ2n) is 5.95. The molecule has 3 nitrogen and oxygen atoms in total.